The Balaban J connectivity index is 1.97. The highest BCUT2D eigenvalue weighted by Gasteiger charge is 2.00. The summed E-state index contributed by atoms with van der Waals surface area (Å²) < 4.78 is 5.63. The first-order valence-corrected chi connectivity index (χ1v) is 6.40. The molecule has 2 aromatic carbocycles. The zero-order chi connectivity index (χ0) is 14.4. The summed E-state index contributed by atoms with van der Waals surface area (Å²) in [7, 11) is 0. The van der Waals surface area contributed by atoms with Crippen molar-refractivity contribution in [3.8, 4) is 5.75 Å². The highest BCUT2D eigenvalue weighted by atomic mass is 35.5. The van der Waals surface area contributed by atoms with Crippen LogP contribution in [-0.4, -0.2) is 11.1 Å². The second-order valence-electron chi connectivity index (χ2n) is 4.12. The fourth-order valence-electron chi connectivity index (χ4n) is 1.62. The molecule has 0 aliphatic heterocycles. The minimum Gasteiger partial charge on any atom is -0.489 e. The van der Waals surface area contributed by atoms with Gasteiger partial charge in [0.1, 0.15) is 12.4 Å². The molecule has 2 rings (SSSR count). The van der Waals surface area contributed by atoms with Gasteiger partial charge in [0.15, 0.2) is 0 Å². The molecule has 0 atom stereocenters. The van der Waals surface area contributed by atoms with Gasteiger partial charge in [-0.05, 0) is 29.8 Å². The van der Waals surface area contributed by atoms with E-state index in [4.69, 9.17) is 21.4 Å². The molecule has 102 valence electrons. The number of hydrogen-bond acceptors (Lipinski definition) is 2. The quantitative estimate of drug-likeness (QED) is 0.845. The van der Waals surface area contributed by atoms with E-state index in [1.165, 1.54) is 6.08 Å². The minimum absolute atomic E-state index is 0.393. The molecule has 0 unspecified atom stereocenters. The van der Waals surface area contributed by atoms with Crippen LogP contribution in [0.1, 0.15) is 11.1 Å². The van der Waals surface area contributed by atoms with Gasteiger partial charge < -0.3 is 9.84 Å². The zero-order valence-electron chi connectivity index (χ0n) is 10.6. The molecule has 0 fully saturated rings. The lowest BCUT2D eigenvalue weighted by atomic mass is 10.2. The lowest BCUT2D eigenvalue weighted by Gasteiger charge is -2.07. The smallest absolute Gasteiger partial charge is 0.328 e. The summed E-state index contributed by atoms with van der Waals surface area (Å²) in [6.45, 7) is 0.393. The second-order valence-corrected chi connectivity index (χ2v) is 4.53. The fraction of sp³-hybridized carbons (Fsp3) is 0.0625. The number of carboxylic acid groups (broad SMARTS) is 1. The maximum atomic E-state index is 10.4. The number of halogens is 1. The molecule has 0 heterocycles. The van der Waals surface area contributed by atoms with Crippen molar-refractivity contribution in [2.45, 2.75) is 6.61 Å². The van der Waals surface area contributed by atoms with Gasteiger partial charge in [-0.15, -0.1) is 0 Å². The SMILES string of the molecule is O=C(O)C=Cc1ccc(OCc2ccccc2Cl)cc1. The van der Waals surface area contributed by atoms with Gasteiger partial charge in [0.05, 0.1) is 0 Å². The lowest BCUT2D eigenvalue weighted by molar-refractivity contribution is -0.131. The van der Waals surface area contributed by atoms with Crippen molar-refractivity contribution in [3.05, 3.63) is 70.8 Å². The van der Waals surface area contributed by atoms with Crippen LogP contribution < -0.4 is 4.74 Å². The fourth-order valence-corrected chi connectivity index (χ4v) is 1.81. The van der Waals surface area contributed by atoms with E-state index in [-0.39, 0.29) is 0 Å². The highest BCUT2D eigenvalue weighted by Crippen LogP contribution is 2.19. The van der Waals surface area contributed by atoms with Crippen LogP contribution in [0.3, 0.4) is 0 Å². The van der Waals surface area contributed by atoms with Crippen molar-refractivity contribution >= 4 is 23.6 Å². The molecule has 2 aromatic rings. The van der Waals surface area contributed by atoms with Crippen LogP contribution in [0.15, 0.2) is 54.6 Å². The Morgan fingerprint density at radius 1 is 1.15 bits per heavy atom. The maximum absolute atomic E-state index is 10.4. The molecule has 0 aliphatic rings. The molecule has 0 aliphatic carbocycles. The van der Waals surface area contributed by atoms with Crippen molar-refractivity contribution < 1.29 is 14.6 Å². The molecular weight excluding hydrogens is 276 g/mol. The summed E-state index contributed by atoms with van der Waals surface area (Å²) >= 11 is 6.04. The third-order valence-electron chi connectivity index (χ3n) is 2.65. The maximum Gasteiger partial charge on any atom is 0.328 e. The van der Waals surface area contributed by atoms with Crippen molar-refractivity contribution in [1.82, 2.24) is 0 Å². The van der Waals surface area contributed by atoms with Crippen molar-refractivity contribution in [3.63, 3.8) is 0 Å². The number of rotatable bonds is 5. The largest absolute Gasteiger partial charge is 0.489 e. The van der Waals surface area contributed by atoms with Crippen LogP contribution in [0.4, 0.5) is 0 Å². The van der Waals surface area contributed by atoms with Crippen molar-refractivity contribution in [1.29, 1.82) is 0 Å². The number of hydrogen-bond donors (Lipinski definition) is 1. The summed E-state index contributed by atoms with van der Waals surface area (Å²) in [5, 5.41) is 9.22. The van der Waals surface area contributed by atoms with Crippen LogP contribution in [0.5, 0.6) is 5.75 Å². The average molecular weight is 289 g/mol. The Morgan fingerprint density at radius 3 is 2.50 bits per heavy atom. The molecule has 20 heavy (non-hydrogen) atoms. The summed E-state index contributed by atoms with van der Waals surface area (Å²) in [5.74, 6) is -0.263. The van der Waals surface area contributed by atoms with E-state index in [1.807, 2.05) is 24.3 Å². The normalized spacial score (nSPS) is 10.7. The van der Waals surface area contributed by atoms with Gasteiger partial charge in [-0.25, -0.2) is 4.79 Å². The first-order chi connectivity index (χ1) is 9.65. The van der Waals surface area contributed by atoms with E-state index in [9.17, 15) is 4.79 Å². The van der Waals surface area contributed by atoms with Crippen LogP contribution in [0, 0.1) is 0 Å². The van der Waals surface area contributed by atoms with E-state index in [0.29, 0.717) is 17.4 Å². The topological polar surface area (TPSA) is 46.5 Å². The summed E-state index contributed by atoms with van der Waals surface area (Å²) in [5.41, 5.74) is 1.72. The predicted octanol–water partition coefficient (Wildman–Crippen LogP) is 4.02. The standard InChI is InChI=1S/C16H13ClO3/c17-15-4-2-1-3-13(15)11-20-14-8-5-12(6-9-14)7-10-16(18)19/h1-10H,11H2,(H,18,19). The third-order valence-corrected chi connectivity index (χ3v) is 3.02. The average Bonchev–Trinajstić information content (AvgIpc) is 2.45. The number of carboxylic acids is 1. The zero-order valence-corrected chi connectivity index (χ0v) is 11.4. The molecular formula is C16H13ClO3. The Bertz CT molecular complexity index is 618. The Kier molecular flexibility index (Phi) is 4.80. The van der Waals surface area contributed by atoms with Crippen LogP contribution in [0.2, 0.25) is 5.02 Å². The second kappa shape index (κ2) is 6.78. The predicted molar refractivity (Wildman–Crippen MR) is 78.9 cm³/mol. The highest BCUT2D eigenvalue weighted by molar-refractivity contribution is 6.31. The molecule has 4 heteroatoms. The monoisotopic (exact) mass is 288 g/mol. The van der Waals surface area contributed by atoms with Gasteiger partial charge in [-0.3, -0.25) is 0 Å². The van der Waals surface area contributed by atoms with Gasteiger partial charge >= 0.3 is 5.97 Å². The van der Waals surface area contributed by atoms with Gasteiger partial charge in [0.25, 0.3) is 0 Å². The van der Waals surface area contributed by atoms with Crippen LogP contribution in [0.25, 0.3) is 6.08 Å². The molecule has 0 bridgehead atoms. The van der Waals surface area contributed by atoms with Gasteiger partial charge in [0, 0.05) is 16.7 Å². The van der Waals surface area contributed by atoms with Gasteiger partial charge in [0.2, 0.25) is 0 Å². The van der Waals surface area contributed by atoms with Crippen LogP contribution in [-0.2, 0) is 11.4 Å². The molecule has 0 radical (unpaired) electrons. The Morgan fingerprint density at radius 2 is 1.85 bits per heavy atom. The molecule has 0 saturated heterocycles. The Labute approximate surface area is 122 Å². The number of carbonyl (C=O) groups is 1. The molecule has 0 amide bonds. The summed E-state index contributed by atoms with van der Waals surface area (Å²) in [6, 6.07) is 14.7. The van der Waals surface area contributed by atoms with E-state index < -0.39 is 5.97 Å². The summed E-state index contributed by atoms with van der Waals surface area (Å²) in [4.78, 5) is 10.4. The van der Waals surface area contributed by atoms with E-state index in [2.05, 4.69) is 0 Å². The molecule has 3 nitrogen and oxygen atoms in total. The van der Waals surface area contributed by atoms with Gasteiger partial charge in [-0.1, -0.05) is 41.9 Å². The first-order valence-electron chi connectivity index (χ1n) is 6.02. The first kappa shape index (κ1) is 14.2. The van der Waals surface area contributed by atoms with Crippen molar-refractivity contribution in [2.24, 2.45) is 0 Å². The van der Waals surface area contributed by atoms with E-state index in [0.717, 1.165) is 17.2 Å². The number of benzene rings is 2. The third kappa shape index (κ3) is 4.14. The number of ether oxygens (including phenoxy) is 1. The molecule has 0 saturated carbocycles. The Hall–Kier alpha value is -2.26. The van der Waals surface area contributed by atoms with E-state index >= 15 is 0 Å². The minimum atomic E-state index is -0.968. The molecule has 0 aromatic heterocycles. The van der Waals surface area contributed by atoms with E-state index in [1.54, 1.807) is 24.3 Å². The van der Waals surface area contributed by atoms with Crippen LogP contribution >= 0.6 is 11.6 Å². The molecule has 1 N–H and O–H groups in total. The summed E-state index contributed by atoms with van der Waals surface area (Å²) in [6.07, 6.45) is 2.62. The molecule has 0 spiro atoms. The van der Waals surface area contributed by atoms with Crippen molar-refractivity contribution in [2.75, 3.05) is 0 Å². The number of aliphatic carboxylic acids is 1. The lowest BCUT2D eigenvalue weighted by Crippen LogP contribution is -1.95. The van der Waals surface area contributed by atoms with Gasteiger partial charge in [-0.2, -0.15) is 0 Å².